The highest BCUT2D eigenvalue weighted by Crippen LogP contribution is 2.60. The minimum Gasteiger partial charge on any atom is -0.504 e. The van der Waals surface area contributed by atoms with E-state index in [-0.39, 0.29) is 47.2 Å². The Balaban J connectivity index is 0.991. The van der Waals surface area contributed by atoms with Crippen LogP contribution < -0.4 is 4.74 Å². The number of carbonyl (C=O) groups is 4. The molecule has 5 fully saturated rings. The second kappa shape index (κ2) is 15.2. The summed E-state index contributed by atoms with van der Waals surface area (Å²) in [7, 11) is 1.49. The molecule has 3 aromatic carbocycles. The highest BCUT2D eigenvalue weighted by molar-refractivity contribution is 9.10. The summed E-state index contributed by atoms with van der Waals surface area (Å²) in [6.45, 7) is 4.80. The number of hydrogen-bond acceptors (Lipinski definition) is 8. The lowest BCUT2D eigenvalue weighted by atomic mass is 9.57. The topological polar surface area (TPSA) is 111 Å². The van der Waals surface area contributed by atoms with E-state index >= 15 is 0 Å². The summed E-state index contributed by atoms with van der Waals surface area (Å²) < 4.78 is 6.24. The van der Waals surface area contributed by atoms with E-state index in [1.165, 1.54) is 18.2 Å². The zero-order valence-corrected chi connectivity index (χ0v) is 33.4. The predicted octanol–water partition coefficient (Wildman–Crippen LogP) is 6.13. The number of imide groups is 2. The van der Waals surface area contributed by atoms with Crippen molar-refractivity contribution in [1.29, 1.82) is 0 Å². The Morgan fingerprint density at radius 2 is 1.20 bits per heavy atom. The van der Waals surface area contributed by atoms with Gasteiger partial charge in [0.1, 0.15) is 0 Å². The van der Waals surface area contributed by atoms with Gasteiger partial charge in [0.05, 0.1) is 30.8 Å². The average molecular weight is 822 g/mol. The molecule has 4 aliphatic heterocycles. The van der Waals surface area contributed by atoms with Gasteiger partial charge in [-0.2, -0.15) is 0 Å². The van der Waals surface area contributed by atoms with Gasteiger partial charge < -0.3 is 9.84 Å². The van der Waals surface area contributed by atoms with Crippen molar-refractivity contribution in [3.63, 3.8) is 0 Å². The molecule has 9 rings (SSSR count). The van der Waals surface area contributed by atoms with Crippen LogP contribution >= 0.6 is 15.9 Å². The van der Waals surface area contributed by atoms with Crippen molar-refractivity contribution in [2.75, 3.05) is 33.3 Å². The molecule has 6 atom stereocenters. The molecule has 0 aromatic heterocycles. The van der Waals surface area contributed by atoms with Gasteiger partial charge in [-0.3, -0.25) is 38.8 Å². The van der Waals surface area contributed by atoms with E-state index in [2.05, 4.69) is 56.1 Å². The molecule has 56 heavy (non-hydrogen) atoms. The number of aromatic hydroxyl groups is 1. The summed E-state index contributed by atoms with van der Waals surface area (Å²) >= 11 is 3.60. The van der Waals surface area contributed by atoms with Crippen molar-refractivity contribution in [3.8, 4) is 11.5 Å². The molecule has 2 aliphatic carbocycles. The van der Waals surface area contributed by atoms with Gasteiger partial charge in [0.25, 0.3) is 0 Å². The predicted molar refractivity (Wildman–Crippen MR) is 213 cm³/mol. The van der Waals surface area contributed by atoms with E-state index in [1.54, 1.807) is 15.9 Å². The minimum absolute atomic E-state index is 0.0752. The number of methoxy groups -OCH3 is 1. The Kier molecular flexibility index (Phi) is 10.1. The van der Waals surface area contributed by atoms with Gasteiger partial charge in [0, 0.05) is 67.3 Å². The van der Waals surface area contributed by atoms with Crippen LogP contribution in [0.2, 0.25) is 0 Å². The molecule has 4 amide bonds. The van der Waals surface area contributed by atoms with E-state index in [0.717, 1.165) is 57.7 Å². The Hall–Kier alpha value is -4.32. The van der Waals surface area contributed by atoms with Crippen LogP contribution in [-0.4, -0.2) is 93.7 Å². The molecular weight excluding hydrogens is 772 g/mol. The second-order valence-corrected chi connectivity index (χ2v) is 17.6. The summed E-state index contributed by atoms with van der Waals surface area (Å²) in [5.74, 6) is -4.03. The third-order valence-electron chi connectivity index (χ3n) is 13.7. The Morgan fingerprint density at radius 1 is 0.679 bits per heavy atom. The molecule has 0 radical (unpaired) electrons. The maximum atomic E-state index is 14.8. The summed E-state index contributed by atoms with van der Waals surface area (Å²) in [5, 5.41) is 11.7. The number of allylic oxidation sites excluding steroid dienone is 2. The fourth-order valence-corrected chi connectivity index (χ4v) is 11.5. The number of hydrogen-bond donors (Lipinski definition) is 1. The Morgan fingerprint density at radius 3 is 1.73 bits per heavy atom. The van der Waals surface area contributed by atoms with E-state index in [9.17, 15) is 24.3 Å². The fraction of sp³-hybridized carbons (Fsp3) is 0.467. The first-order valence-electron chi connectivity index (χ1n) is 20.2. The number of likely N-dealkylation sites (tertiary alicyclic amines) is 4. The molecule has 0 spiro atoms. The molecule has 0 bridgehead atoms. The van der Waals surface area contributed by atoms with Gasteiger partial charge in [-0.05, 0) is 67.7 Å². The zero-order chi connectivity index (χ0) is 38.7. The monoisotopic (exact) mass is 820 g/mol. The fourth-order valence-electron chi connectivity index (χ4n) is 11.0. The highest BCUT2D eigenvalue weighted by atomic mass is 79.9. The first kappa shape index (κ1) is 37.3. The molecule has 4 heterocycles. The van der Waals surface area contributed by atoms with Gasteiger partial charge >= 0.3 is 0 Å². The van der Waals surface area contributed by atoms with E-state index in [1.807, 2.05) is 42.5 Å². The number of phenolic OH excluding ortho intramolecular Hbond substituents is 1. The standard InChI is InChI=1S/C45H49BrN4O6/c1-56-37-23-29(46)22-35(41(37)51)38-32-12-13-33-39(44(54)49(42(33)52)30-14-18-47(19-15-30)25-27-8-4-2-5-9-27)34(32)24-36-40(38)45(55)50(43(36)53)31-16-20-48(21-17-31)26-28-10-6-3-7-11-28/h2-12,22-23,30-31,33-34,36,38-40,51H,13-21,24-26H2,1H3. The molecule has 1 saturated carbocycles. The smallest absolute Gasteiger partial charge is 0.234 e. The maximum Gasteiger partial charge on any atom is 0.234 e. The van der Waals surface area contributed by atoms with Crippen molar-refractivity contribution in [2.45, 2.75) is 69.6 Å². The molecule has 6 unspecified atom stereocenters. The molecule has 4 saturated heterocycles. The lowest BCUT2D eigenvalue weighted by molar-refractivity contribution is -0.146. The molecule has 1 N–H and O–H groups in total. The van der Waals surface area contributed by atoms with Crippen LogP contribution in [0.3, 0.4) is 0 Å². The number of amides is 4. The lowest BCUT2D eigenvalue weighted by Crippen LogP contribution is -2.48. The number of piperidine rings is 2. The molecular formula is C45H49BrN4O6. The van der Waals surface area contributed by atoms with Crippen LogP contribution in [0.5, 0.6) is 11.5 Å². The van der Waals surface area contributed by atoms with E-state index in [0.29, 0.717) is 35.7 Å². The van der Waals surface area contributed by atoms with Crippen LogP contribution in [0.4, 0.5) is 0 Å². The van der Waals surface area contributed by atoms with Gasteiger partial charge in [-0.1, -0.05) is 88.2 Å². The van der Waals surface area contributed by atoms with Crippen molar-refractivity contribution in [1.82, 2.24) is 19.6 Å². The molecule has 3 aromatic rings. The third-order valence-corrected chi connectivity index (χ3v) is 14.1. The number of halogens is 1. The van der Waals surface area contributed by atoms with Crippen LogP contribution in [-0.2, 0) is 32.3 Å². The van der Waals surface area contributed by atoms with Crippen molar-refractivity contribution in [3.05, 3.63) is 106 Å². The molecule has 11 heteroatoms. The van der Waals surface area contributed by atoms with Crippen LogP contribution in [0.1, 0.15) is 61.1 Å². The molecule has 10 nitrogen and oxygen atoms in total. The third kappa shape index (κ3) is 6.49. The Bertz CT molecular complexity index is 2040. The summed E-state index contributed by atoms with van der Waals surface area (Å²) in [5.41, 5.74) is 3.86. The number of carbonyl (C=O) groups excluding carboxylic acids is 4. The van der Waals surface area contributed by atoms with Crippen molar-refractivity contribution < 1.29 is 29.0 Å². The van der Waals surface area contributed by atoms with Crippen LogP contribution in [0.15, 0.2) is 88.9 Å². The number of nitrogens with zero attached hydrogens (tertiary/aromatic N) is 4. The Labute approximate surface area is 336 Å². The van der Waals surface area contributed by atoms with Gasteiger partial charge in [0.2, 0.25) is 23.6 Å². The van der Waals surface area contributed by atoms with Gasteiger partial charge in [-0.25, -0.2) is 0 Å². The van der Waals surface area contributed by atoms with Crippen LogP contribution in [0, 0.1) is 29.6 Å². The number of rotatable bonds is 8. The maximum absolute atomic E-state index is 14.8. The quantitative estimate of drug-likeness (QED) is 0.214. The first-order chi connectivity index (χ1) is 27.2. The SMILES string of the molecule is COc1cc(Br)cc(C2C3=CCC4C(=O)N(C5CCN(Cc6ccccc6)CC5)C(=O)C4C3CC3C(=O)N(C4CCN(Cc5ccccc5)CC4)C(=O)C32)c1O. The normalized spacial score (nSPS) is 29.0. The summed E-state index contributed by atoms with van der Waals surface area (Å²) in [6.07, 6.45) is 5.59. The highest BCUT2D eigenvalue weighted by Gasteiger charge is 2.63. The van der Waals surface area contributed by atoms with E-state index < -0.39 is 35.5 Å². The summed E-state index contributed by atoms with van der Waals surface area (Å²) in [6, 6.07) is 23.8. The summed E-state index contributed by atoms with van der Waals surface area (Å²) in [4.78, 5) is 66.2. The second-order valence-electron chi connectivity index (χ2n) is 16.6. The first-order valence-corrected chi connectivity index (χ1v) is 21.0. The average Bonchev–Trinajstić information content (AvgIpc) is 3.62. The van der Waals surface area contributed by atoms with E-state index in [4.69, 9.17) is 4.74 Å². The number of fused-ring (bicyclic) bond motifs is 4. The zero-order valence-electron chi connectivity index (χ0n) is 31.8. The van der Waals surface area contributed by atoms with Crippen molar-refractivity contribution in [2.24, 2.45) is 29.6 Å². The number of phenols is 1. The van der Waals surface area contributed by atoms with Gasteiger partial charge in [0.15, 0.2) is 11.5 Å². The molecule has 292 valence electrons. The largest absolute Gasteiger partial charge is 0.504 e. The molecule has 6 aliphatic rings. The number of ether oxygens (including phenoxy) is 1. The van der Waals surface area contributed by atoms with Gasteiger partial charge in [-0.15, -0.1) is 0 Å². The lowest BCUT2D eigenvalue weighted by Gasteiger charge is -2.44. The number of benzene rings is 3. The van der Waals surface area contributed by atoms with Crippen molar-refractivity contribution >= 4 is 39.6 Å². The minimum atomic E-state index is -0.731. The van der Waals surface area contributed by atoms with Crippen LogP contribution in [0.25, 0.3) is 0 Å².